The van der Waals surface area contributed by atoms with Gasteiger partial charge < -0.3 is 29.3 Å². The zero-order chi connectivity index (χ0) is 30.5. The zero-order valence-electron chi connectivity index (χ0n) is 22.1. The summed E-state index contributed by atoms with van der Waals surface area (Å²) in [6.45, 7) is -0.379. The van der Waals surface area contributed by atoms with E-state index in [0.717, 1.165) is 9.78 Å². The van der Waals surface area contributed by atoms with Crippen LogP contribution >= 0.6 is 11.3 Å². The van der Waals surface area contributed by atoms with Crippen LogP contribution in [0.5, 0.6) is 11.5 Å². The van der Waals surface area contributed by atoms with Crippen LogP contribution in [0.1, 0.15) is 21.6 Å². The van der Waals surface area contributed by atoms with Gasteiger partial charge in [0.05, 0.1) is 24.3 Å². The number of nitrogens with zero attached hydrogens (tertiary/aromatic N) is 2. The highest BCUT2D eigenvalue weighted by Crippen LogP contribution is 2.38. The number of hydrogen-bond acceptors (Lipinski definition) is 6. The number of urea groups is 1. The number of hydrogen-bond donors (Lipinski definition) is 1. The lowest BCUT2D eigenvalue weighted by Gasteiger charge is -2.28. The van der Waals surface area contributed by atoms with Crippen molar-refractivity contribution in [1.29, 1.82) is 0 Å². The van der Waals surface area contributed by atoms with E-state index in [1.54, 1.807) is 18.2 Å². The third-order valence-corrected chi connectivity index (χ3v) is 6.97. The Balaban J connectivity index is 1.55. The van der Waals surface area contributed by atoms with E-state index in [1.165, 1.54) is 23.3 Å². The van der Waals surface area contributed by atoms with Crippen molar-refractivity contribution in [2.24, 2.45) is 0 Å². The van der Waals surface area contributed by atoms with Gasteiger partial charge in [0.15, 0.2) is 11.5 Å². The van der Waals surface area contributed by atoms with Crippen LogP contribution in [0.15, 0.2) is 53.9 Å². The van der Waals surface area contributed by atoms with Crippen molar-refractivity contribution >= 4 is 29.0 Å². The molecule has 1 N–H and O–H groups in total. The fraction of sp³-hybridized carbons (Fsp3) is 0.333. The smallest absolute Gasteiger partial charge is 0.416 e. The Morgan fingerprint density at radius 1 is 0.929 bits per heavy atom. The van der Waals surface area contributed by atoms with E-state index in [-0.39, 0.29) is 39.1 Å². The van der Waals surface area contributed by atoms with Gasteiger partial charge in [-0.15, -0.1) is 11.3 Å². The van der Waals surface area contributed by atoms with Gasteiger partial charge in [-0.1, -0.05) is 12.1 Å². The molecule has 0 aliphatic carbocycles. The normalized spacial score (nSPS) is 12.7. The standard InChI is InChI=1S/C27H25F6N3O5S/c1-39-7-6-35(25(38)34-20-11-18(26(28,29)30)10-19(12-20)27(31,32)33)15-24(37)36(14-21-3-2-8-42-21)13-17-4-5-22-23(9-17)41-16-40-22/h2-5,8-12H,6-7,13-16H2,1H3,(H,34,38). The van der Waals surface area contributed by atoms with Crippen molar-refractivity contribution in [2.75, 3.05) is 38.9 Å². The highest BCUT2D eigenvalue weighted by atomic mass is 32.1. The molecular formula is C27H25F6N3O5S. The molecule has 1 aromatic heterocycles. The summed E-state index contributed by atoms with van der Waals surface area (Å²) in [4.78, 5) is 29.9. The van der Waals surface area contributed by atoms with E-state index < -0.39 is 47.6 Å². The molecule has 2 aromatic carbocycles. The van der Waals surface area contributed by atoms with Gasteiger partial charge in [0.1, 0.15) is 6.54 Å². The van der Waals surface area contributed by atoms with Crippen LogP contribution in [0.25, 0.3) is 0 Å². The molecule has 2 heterocycles. The molecule has 0 fully saturated rings. The fourth-order valence-electron chi connectivity index (χ4n) is 4.03. The van der Waals surface area contributed by atoms with E-state index in [0.29, 0.717) is 29.2 Å². The van der Waals surface area contributed by atoms with Gasteiger partial charge in [-0.05, 0) is 47.3 Å². The van der Waals surface area contributed by atoms with Gasteiger partial charge in [0.25, 0.3) is 0 Å². The number of halogens is 6. The first-order valence-electron chi connectivity index (χ1n) is 12.4. The van der Waals surface area contributed by atoms with E-state index in [4.69, 9.17) is 14.2 Å². The van der Waals surface area contributed by atoms with Crippen LogP contribution in [-0.4, -0.2) is 55.3 Å². The number of alkyl halides is 6. The topological polar surface area (TPSA) is 80.3 Å². The minimum atomic E-state index is -5.09. The summed E-state index contributed by atoms with van der Waals surface area (Å²) >= 11 is 1.41. The lowest BCUT2D eigenvalue weighted by Crippen LogP contribution is -2.45. The van der Waals surface area contributed by atoms with Crippen molar-refractivity contribution < 1.29 is 50.1 Å². The SMILES string of the molecule is COCCN(CC(=O)N(Cc1ccc2c(c1)OCO2)Cc1cccs1)C(=O)Nc1cc(C(F)(F)F)cc(C(F)(F)F)c1. The van der Waals surface area contributed by atoms with Crippen LogP contribution in [0.3, 0.4) is 0 Å². The molecule has 0 unspecified atom stereocenters. The quantitative estimate of drug-likeness (QED) is 0.273. The number of amides is 3. The monoisotopic (exact) mass is 617 g/mol. The second-order valence-corrected chi connectivity index (χ2v) is 10.2. The minimum absolute atomic E-state index is 0.0412. The van der Waals surface area contributed by atoms with Crippen LogP contribution in [0, 0.1) is 0 Å². The molecular weight excluding hydrogens is 592 g/mol. The number of carbonyl (C=O) groups excluding carboxylic acids is 2. The summed E-state index contributed by atoms with van der Waals surface area (Å²) < 4.78 is 95.5. The Bertz CT molecular complexity index is 1370. The number of carbonyl (C=O) groups is 2. The van der Waals surface area contributed by atoms with Gasteiger partial charge in [0, 0.05) is 30.8 Å². The number of benzene rings is 2. The minimum Gasteiger partial charge on any atom is -0.454 e. The molecule has 226 valence electrons. The summed E-state index contributed by atoms with van der Waals surface area (Å²) in [7, 11) is 1.34. The summed E-state index contributed by atoms with van der Waals surface area (Å²) in [5, 5.41) is 3.91. The summed E-state index contributed by atoms with van der Waals surface area (Å²) in [6.07, 6.45) is -10.2. The van der Waals surface area contributed by atoms with Crippen molar-refractivity contribution in [3.05, 3.63) is 75.5 Å². The number of rotatable bonds is 10. The average molecular weight is 618 g/mol. The molecule has 1 aliphatic heterocycles. The molecule has 4 rings (SSSR count). The molecule has 0 spiro atoms. The first-order chi connectivity index (χ1) is 19.8. The number of anilines is 1. The number of ether oxygens (including phenoxy) is 3. The first kappa shape index (κ1) is 31.0. The van der Waals surface area contributed by atoms with Crippen LogP contribution in [0.2, 0.25) is 0 Å². The molecule has 15 heteroatoms. The Hall–Kier alpha value is -3.98. The van der Waals surface area contributed by atoms with E-state index in [9.17, 15) is 35.9 Å². The maximum Gasteiger partial charge on any atom is 0.416 e. The second kappa shape index (κ2) is 12.9. The summed E-state index contributed by atoms with van der Waals surface area (Å²) in [5.74, 6) is 0.546. The Kier molecular flexibility index (Phi) is 9.51. The van der Waals surface area contributed by atoms with Crippen molar-refractivity contribution in [1.82, 2.24) is 9.80 Å². The van der Waals surface area contributed by atoms with Crippen molar-refractivity contribution in [3.63, 3.8) is 0 Å². The molecule has 0 atom stereocenters. The van der Waals surface area contributed by atoms with E-state index in [2.05, 4.69) is 5.32 Å². The maximum atomic E-state index is 13.5. The fourth-order valence-corrected chi connectivity index (χ4v) is 4.75. The second-order valence-electron chi connectivity index (χ2n) is 9.16. The van der Waals surface area contributed by atoms with Crippen LogP contribution in [-0.2, 0) is 35.0 Å². The lowest BCUT2D eigenvalue weighted by atomic mass is 10.1. The molecule has 0 saturated heterocycles. The van der Waals surface area contributed by atoms with Gasteiger partial charge in [-0.3, -0.25) is 4.79 Å². The molecule has 0 radical (unpaired) electrons. The highest BCUT2D eigenvalue weighted by molar-refractivity contribution is 7.09. The number of nitrogens with one attached hydrogen (secondary N) is 1. The summed E-state index contributed by atoms with van der Waals surface area (Å²) in [5.41, 5.74) is -3.19. The third kappa shape index (κ3) is 8.06. The predicted molar refractivity (Wildman–Crippen MR) is 140 cm³/mol. The zero-order valence-corrected chi connectivity index (χ0v) is 22.9. The highest BCUT2D eigenvalue weighted by Gasteiger charge is 2.37. The Morgan fingerprint density at radius 2 is 1.62 bits per heavy atom. The molecule has 42 heavy (non-hydrogen) atoms. The first-order valence-corrected chi connectivity index (χ1v) is 13.2. The average Bonchev–Trinajstić information content (AvgIpc) is 3.61. The predicted octanol–water partition coefficient (Wildman–Crippen LogP) is 6.22. The number of thiophene rings is 1. The lowest BCUT2D eigenvalue weighted by molar-refractivity contribution is -0.143. The molecule has 0 bridgehead atoms. The van der Waals surface area contributed by atoms with Crippen LogP contribution in [0.4, 0.5) is 36.8 Å². The maximum absolute atomic E-state index is 13.5. The van der Waals surface area contributed by atoms with E-state index in [1.807, 2.05) is 17.5 Å². The van der Waals surface area contributed by atoms with Gasteiger partial charge >= 0.3 is 18.4 Å². The van der Waals surface area contributed by atoms with Gasteiger partial charge in [0.2, 0.25) is 12.7 Å². The summed E-state index contributed by atoms with van der Waals surface area (Å²) in [6, 6.07) is 8.49. The molecule has 8 nitrogen and oxygen atoms in total. The molecule has 0 saturated carbocycles. The molecule has 3 amide bonds. The van der Waals surface area contributed by atoms with E-state index >= 15 is 0 Å². The molecule has 3 aromatic rings. The van der Waals surface area contributed by atoms with Crippen molar-refractivity contribution in [3.8, 4) is 11.5 Å². The molecule has 1 aliphatic rings. The van der Waals surface area contributed by atoms with Gasteiger partial charge in [-0.2, -0.15) is 26.3 Å². The third-order valence-electron chi connectivity index (χ3n) is 6.11. The Labute approximate surface area is 240 Å². The van der Waals surface area contributed by atoms with Crippen molar-refractivity contribution in [2.45, 2.75) is 25.4 Å². The number of methoxy groups -OCH3 is 1. The number of fused-ring (bicyclic) bond motifs is 1. The Morgan fingerprint density at radius 3 is 2.24 bits per heavy atom. The van der Waals surface area contributed by atoms with Crippen LogP contribution < -0.4 is 14.8 Å². The van der Waals surface area contributed by atoms with Gasteiger partial charge in [-0.25, -0.2) is 4.79 Å². The largest absolute Gasteiger partial charge is 0.454 e.